The van der Waals surface area contributed by atoms with Crippen LogP contribution in [0.1, 0.15) is 5.56 Å². The summed E-state index contributed by atoms with van der Waals surface area (Å²) < 4.78 is 0. The molecule has 2 aromatic rings. The van der Waals surface area contributed by atoms with E-state index >= 15 is 0 Å². The first-order chi connectivity index (χ1) is 8.69. The molecule has 0 atom stereocenters. The molecule has 0 saturated heterocycles. The Kier molecular flexibility index (Phi) is 3.70. The van der Waals surface area contributed by atoms with E-state index in [0.29, 0.717) is 12.4 Å². The molecule has 7 nitrogen and oxygen atoms in total. The molecule has 0 unspecified atom stereocenters. The van der Waals surface area contributed by atoms with E-state index in [1.165, 1.54) is 12.1 Å². The molecule has 0 bridgehead atoms. The van der Waals surface area contributed by atoms with Gasteiger partial charge in [0.2, 0.25) is 0 Å². The normalized spacial score (nSPS) is 10.1. The molecule has 2 aromatic heterocycles. The van der Waals surface area contributed by atoms with E-state index in [1.807, 2.05) is 16.8 Å². The lowest BCUT2D eigenvalue weighted by molar-refractivity contribution is -0.384. The quantitative estimate of drug-likeness (QED) is 0.433. The lowest BCUT2D eigenvalue weighted by Gasteiger charge is -2.06. The molecule has 0 aliphatic carbocycles. The predicted molar refractivity (Wildman–Crippen MR) is 70.3 cm³/mol. The number of hydrogen-bond donors (Lipinski definition) is 3. The Morgan fingerprint density at radius 1 is 1.44 bits per heavy atom. The second kappa shape index (κ2) is 5.43. The summed E-state index contributed by atoms with van der Waals surface area (Å²) >= 11 is 1.59. The maximum atomic E-state index is 10.7. The van der Waals surface area contributed by atoms with Crippen LogP contribution in [0.15, 0.2) is 29.0 Å². The fourth-order valence-electron chi connectivity index (χ4n) is 1.37. The van der Waals surface area contributed by atoms with Crippen molar-refractivity contribution in [2.45, 2.75) is 6.54 Å². The monoisotopic (exact) mass is 265 g/mol. The van der Waals surface area contributed by atoms with Crippen molar-refractivity contribution in [3.8, 4) is 0 Å². The van der Waals surface area contributed by atoms with E-state index in [9.17, 15) is 10.1 Å². The van der Waals surface area contributed by atoms with Crippen molar-refractivity contribution in [1.29, 1.82) is 0 Å². The topological polar surface area (TPSA) is 106 Å². The van der Waals surface area contributed by atoms with Gasteiger partial charge in [-0.1, -0.05) is 0 Å². The molecule has 0 aliphatic heterocycles. The summed E-state index contributed by atoms with van der Waals surface area (Å²) in [6.45, 7) is 0.557. The number of nitrogen functional groups attached to an aromatic ring is 1. The number of thiophene rings is 1. The Morgan fingerprint density at radius 3 is 2.83 bits per heavy atom. The number of nitrogens with two attached hydrogens (primary N) is 1. The first kappa shape index (κ1) is 12.3. The van der Waals surface area contributed by atoms with Crippen molar-refractivity contribution >= 4 is 28.7 Å². The first-order valence-electron chi connectivity index (χ1n) is 5.07. The van der Waals surface area contributed by atoms with Crippen LogP contribution in [0.25, 0.3) is 0 Å². The highest BCUT2D eigenvalue weighted by Gasteiger charge is 2.10. The van der Waals surface area contributed by atoms with Crippen LogP contribution in [0.2, 0.25) is 0 Å². The second-order valence-corrected chi connectivity index (χ2v) is 4.26. The Bertz CT molecular complexity index is 543. The van der Waals surface area contributed by atoms with Gasteiger partial charge in [0.1, 0.15) is 11.6 Å². The highest BCUT2D eigenvalue weighted by Crippen LogP contribution is 2.20. The molecule has 4 N–H and O–H groups in total. The van der Waals surface area contributed by atoms with Crippen molar-refractivity contribution in [1.82, 2.24) is 4.98 Å². The summed E-state index contributed by atoms with van der Waals surface area (Å²) in [4.78, 5) is 14.3. The maximum absolute atomic E-state index is 10.7. The Morgan fingerprint density at radius 2 is 2.22 bits per heavy atom. The van der Waals surface area contributed by atoms with Crippen LogP contribution in [-0.2, 0) is 6.54 Å². The van der Waals surface area contributed by atoms with Gasteiger partial charge in [-0.15, -0.1) is 0 Å². The van der Waals surface area contributed by atoms with Gasteiger partial charge in [0, 0.05) is 6.54 Å². The lowest BCUT2D eigenvalue weighted by atomic mass is 10.3. The van der Waals surface area contributed by atoms with Gasteiger partial charge in [0.15, 0.2) is 0 Å². The number of rotatable bonds is 5. The van der Waals surface area contributed by atoms with Crippen molar-refractivity contribution in [3.05, 3.63) is 44.6 Å². The number of nitro groups is 1. The number of hydrogen-bond acceptors (Lipinski definition) is 7. The highest BCUT2D eigenvalue weighted by molar-refractivity contribution is 7.07. The number of pyridine rings is 1. The molecule has 94 valence electrons. The third kappa shape index (κ3) is 2.93. The van der Waals surface area contributed by atoms with E-state index in [2.05, 4.69) is 15.7 Å². The minimum Gasteiger partial charge on any atom is -0.366 e. The molecule has 8 heteroatoms. The molecule has 0 fully saturated rings. The molecular formula is C10H11N5O2S. The SMILES string of the molecule is NNc1cc([N+](=O)[O-])cc(NCc2ccsc2)n1. The minimum absolute atomic E-state index is 0.0641. The summed E-state index contributed by atoms with van der Waals surface area (Å²) in [5, 5.41) is 17.7. The molecule has 0 aliphatic rings. The Balaban J connectivity index is 2.16. The van der Waals surface area contributed by atoms with E-state index in [-0.39, 0.29) is 11.5 Å². The van der Waals surface area contributed by atoms with Crippen molar-refractivity contribution in [3.63, 3.8) is 0 Å². The van der Waals surface area contributed by atoms with Gasteiger partial charge in [-0.05, 0) is 22.4 Å². The second-order valence-electron chi connectivity index (χ2n) is 3.48. The third-order valence-electron chi connectivity index (χ3n) is 2.22. The first-order valence-corrected chi connectivity index (χ1v) is 6.01. The highest BCUT2D eigenvalue weighted by atomic mass is 32.1. The zero-order valence-electron chi connectivity index (χ0n) is 9.29. The van der Waals surface area contributed by atoms with Crippen molar-refractivity contribution in [2.24, 2.45) is 5.84 Å². The number of nitrogens with zero attached hydrogens (tertiary/aromatic N) is 2. The summed E-state index contributed by atoms with van der Waals surface area (Å²) in [6, 6.07) is 4.61. The van der Waals surface area contributed by atoms with Gasteiger partial charge in [0.05, 0.1) is 17.1 Å². The molecule has 0 saturated carbocycles. The summed E-state index contributed by atoms with van der Waals surface area (Å²) in [5.41, 5.74) is 3.33. The molecule has 0 spiro atoms. The molecule has 2 heterocycles. The van der Waals surface area contributed by atoms with Crippen LogP contribution in [0.5, 0.6) is 0 Å². The standard InChI is InChI=1S/C10H11N5O2S/c11-14-10-4-8(15(16)17)3-9(13-10)12-5-7-1-2-18-6-7/h1-4,6H,5,11H2,(H2,12,13,14). The fourth-order valence-corrected chi connectivity index (χ4v) is 2.04. The van der Waals surface area contributed by atoms with E-state index in [1.54, 1.807) is 11.3 Å². The van der Waals surface area contributed by atoms with Crippen LogP contribution >= 0.6 is 11.3 Å². The average molecular weight is 265 g/mol. The fraction of sp³-hybridized carbons (Fsp3) is 0.100. The lowest BCUT2D eigenvalue weighted by Crippen LogP contribution is -2.10. The summed E-state index contributed by atoms with van der Waals surface area (Å²) in [7, 11) is 0. The zero-order valence-corrected chi connectivity index (χ0v) is 10.1. The summed E-state index contributed by atoms with van der Waals surface area (Å²) in [5.74, 6) is 5.87. The van der Waals surface area contributed by atoms with Gasteiger partial charge in [-0.25, -0.2) is 10.8 Å². The summed E-state index contributed by atoms with van der Waals surface area (Å²) in [6.07, 6.45) is 0. The largest absolute Gasteiger partial charge is 0.366 e. The number of anilines is 2. The van der Waals surface area contributed by atoms with Gasteiger partial charge < -0.3 is 10.7 Å². The minimum atomic E-state index is -0.488. The van der Waals surface area contributed by atoms with Gasteiger partial charge in [0.25, 0.3) is 5.69 Å². The van der Waals surface area contributed by atoms with E-state index < -0.39 is 4.92 Å². The molecular weight excluding hydrogens is 254 g/mol. The smallest absolute Gasteiger partial charge is 0.276 e. The molecule has 0 aromatic carbocycles. The predicted octanol–water partition coefficient (Wildman–Crippen LogP) is 1.95. The van der Waals surface area contributed by atoms with E-state index in [4.69, 9.17) is 5.84 Å². The Labute approximate surface area is 107 Å². The van der Waals surface area contributed by atoms with Crippen molar-refractivity contribution in [2.75, 3.05) is 10.7 Å². The van der Waals surface area contributed by atoms with Gasteiger partial charge in [-0.2, -0.15) is 11.3 Å². The molecule has 2 rings (SSSR count). The van der Waals surface area contributed by atoms with Crippen LogP contribution in [-0.4, -0.2) is 9.91 Å². The van der Waals surface area contributed by atoms with Crippen molar-refractivity contribution < 1.29 is 4.92 Å². The van der Waals surface area contributed by atoms with Gasteiger partial charge in [-0.3, -0.25) is 10.1 Å². The van der Waals surface area contributed by atoms with Crippen LogP contribution in [0.4, 0.5) is 17.3 Å². The van der Waals surface area contributed by atoms with Gasteiger partial charge >= 0.3 is 0 Å². The molecule has 0 amide bonds. The van der Waals surface area contributed by atoms with Crippen LogP contribution in [0.3, 0.4) is 0 Å². The number of nitrogens with one attached hydrogen (secondary N) is 2. The third-order valence-corrected chi connectivity index (χ3v) is 2.95. The molecule has 18 heavy (non-hydrogen) atoms. The van der Waals surface area contributed by atoms with E-state index in [0.717, 1.165) is 5.56 Å². The Hall–Kier alpha value is -2.19. The number of hydrazine groups is 1. The maximum Gasteiger partial charge on any atom is 0.276 e. The van der Waals surface area contributed by atoms with Crippen LogP contribution < -0.4 is 16.6 Å². The average Bonchev–Trinajstić information content (AvgIpc) is 2.89. The zero-order chi connectivity index (χ0) is 13.0. The van der Waals surface area contributed by atoms with Crippen LogP contribution in [0, 0.1) is 10.1 Å². The number of aromatic nitrogens is 1. The molecule has 0 radical (unpaired) electrons.